The molecule has 2 saturated heterocycles. The highest BCUT2D eigenvalue weighted by molar-refractivity contribution is 6.04. The molecule has 7 heteroatoms. The Morgan fingerprint density at radius 2 is 2.17 bits per heavy atom. The van der Waals surface area contributed by atoms with Crippen molar-refractivity contribution >= 4 is 17.8 Å². The predicted octanol–water partition coefficient (Wildman–Crippen LogP) is 1.03. The Hall–Kier alpha value is -2.44. The first kappa shape index (κ1) is 15.5. The average molecular weight is 316 g/mol. The molecule has 0 aliphatic carbocycles. The summed E-state index contributed by atoms with van der Waals surface area (Å²) in [5.41, 5.74) is 0.997. The molecule has 4 amide bonds. The number of piperidine rings is 1. The van der Waals surface area contributed by atoms with Crippen LogP contribution in [0.3, 0.4) is 0 Å². The van der Waals surface area contributed by atoms with E-state index in [1.54, 1.807) is 24.3 Å². The van der Waals surface area contributed by atoms with Gasteiger partial charge < -0.3 is 9.80 Å². The molecular formula is C16H20N4O3. The van der Waals surface area contributed by atoms with Crippen LogP contribution in [-0.2, 0) is 9.59 Å². The fraction of sp³-hybridized carbons (Fsp3) is 0.500. The molecule has 1 aromatic rings. The third kappa shape index (κ3) is 3.04. The number of urea groups is 1. The van der Waals surface area contributed by atoms with E-state index in [1.165, 1.54) is 4.90 Å². The fourth-order valence-electron chi connectivity index (χ4n) is 3.20. The highest BCUT2D eigenvalue weighted by atomic mass is 16.2. The lowest BCUT2D eigenvalue weighted by Crippen LogP contribution is -2.46. The summed E-state index contributed by atoms with van der Waals surface area (Å²) in [5.74, 6) is -0.503. The number of nitrogens with zero attached hydrogens (tertiary/aromatic N) is 4. The Morgan fingerprint density at radius 1 is 1.35 bits per heavy atom. The van der Waals surface area contributed by atoms with Gasteiger partial charge in [0.1, 0.15) is 13.1 Å². The van der Waals surface area contributed by atoms with Gasteiger partial charge in [0.05, 0.1) is 6.04 Å². The maximum absolute atomic E-state index is 12.7. The molecular weight excluding hydrogens is 296 g/mol. The lowest BCUT2D eigenvalue weighted by Gasteiger charge is -2.36. The topological polar surface area (TPSA) is 73.8 Å². The molecule has 0 N–H and O–H groups in total. The van der Waals surface area contributed by atoms with Gasteiger partial charge in [0.15, 0.2) is 0 Å². The van der Waals surface area contributed by atoms with Gasteiger partial charge in [-0.15, -0.1) is 0 Å². The van der Waals surface area contributed by atoms with Crippen LogP contribution in [0.25, 0.3) is 0 Å². The van der Waals surface area contributed by atoms with Crippen molar-refractivity contribution in [1.29, 1.82) is 0 Å². The van der Waals surface area contributed by atoms with E-state index >= 15 is 0 Å². The van der Waals surface area contributed by atoms with Gasteiger partial charge in [0.25, 0.3) is 5.91 Å². The normalized spacial score (nSPS) is 22.0. The monoisotopic (exact) mass is 316 g/mol. The second-order valence-electron chi connectivity index (χ2n) is 6.00. The Kier molecular flexibility index (Phi) is 4.27. The van der Waals surface area contributed by atoms with Crippen LogP contribution in [0.15, 0.2) is 24.5 Å². The van der Waals surface area contributed by atoms with Crippen molar-refractivity contribution in [2.45, 2.75) is 25.3 Å². The van der Waals surface area contributed by atoms with Crippen molar-refractivity contribution in [2.75, 3.05) is 26.7 Å². The van der Waals surface area contributed by atoms with Crippen LogP contribution in [0.4, 0.5) is 4.79 Å². The molecule has 0 spiro atoms. The predicted molar refractivity (Wildman–Crippen MR) is 82.3 cm³/mol. The summed E-state index contributed by atoms with van der Waals surface area (Å²) < 4.78 is 0. The van der Waals surface area contributed by atoms with Crippen molar-refractivity contribution in [1.82, 2.24) is 19.7 Å². The van der Waals surface area contributed by atoms with E-state index in [0.29, 0.717) is 6.54 Å². The Balaban J connectivity index is 1.74. The zero-order valence-electron chi connectivity index (χ0n) is 13.1. The summed E-state index contributed by atoms with van der Waals surface area (Å²) in [4.78, 5) is 44.7. The van der Waals surface area contributed by atoms with Crippen LogP contribution in [0.5, 0.6) is 0 Å². The average Bonchev–Trinajstić information content (AvgIpc) is 2.82. The fourth-order valence-corrected chi connectivity index (χ4v) is 3.20. The van der Waals surface area contributed by atoms with Crippen LogP contribution in [-0.4, -0.2) is 64.2 Å². The molecule has 0 radical (unpaired) electrons. The molecule has 2 aliphatic heterocycles. The summed E-state index contributed by atoms with van der Waals surface area (Å²) in [7, 11) is 1.56. The molecule has 0 bridgehead atoms. The molecule has 1 atom stereocenters. The number of carbonyl (C=O) groups is 3. The lowest BCUT2D eigenvalue weighted by molar-refractivity contribution is -0.139. The van der Waals surface area contributed by atoms with Gasteiger partial charge in [-0.05, 0) is 30.9 Å². The summed E-state index contributed by atoms with van der Waals surface area (Å²) in [6.45, 7) is 0.501. The van der Waals surface area contributed by atoms with Crippen molar-refractivity contribution in [3.63, 3.8) is 0 Å². The zero-order valence-corrected chi connectivity index (χ0v) is 13.1. The molecule has 23 heavy (non-hydrogen) atoms. The van der Waals surface area contributed by atoms with Gasteiger partial charge in [0.2, 0.25) is 5.91 Å². The number of imide groups is 1. The van der Waals surface area contributed by atoms with Crippen LogP contribution in [0.1, 0.15) is 30.9 Å². The van der Waals surface area contributed by atoms with Crippen molar-refractivity contribution < 1.29 is 14.4 Å². The SMILES string of the molecule is CN1CC(=O)N(CC(=O)N2CCCC[C@@H]2c2cccnc2)C1=O. The number of aromatic nitrogens is 1. The van der Waals surface area contributed by atoms with Crippen LogP contribution < -0.4 is 0 Å². The number of likely N-dealkylation sites (N-methyl/N-ethyl adjacent to an activating group) is 1. The maximum atomic E-state index is 12.7. The smallest absolute Gasteiger partial charge is 0.327 e. The van der Waals surface area contributed by atoms with Gasteiger partial charge in [-0.25, -0.2) is 4.79 Å². The van der Waals surface area contributed by atoms with Crippen LogP contribution >= 0.6 is 0 Å². The number of amides is 4. The van der Waals surface area contributed by atoms with Gasteiger partial charge in [-0.1, -0.05) is 6.07 Å². The van der Waals surface area contributed by atoms with E-state index in [2.05, 4.69) is 4.98 Å². The number of hydrogen-bond acceptors (Lipinski definition) is 4. The number of pyridine rings is 1. The van der Waals surface area contributed by atoms with Crippen molar-refractivity contribution in [3.05, 3.63) is 30.1 Å². The number of likely N-dealkylation sites (tertiary alicyclic amines) is 1. The third-order valence-electron chi connectivity index (χ3n) is 4.42. The molecule has 3 heterocycles. The first-order chi connectivity index (χ1) is 11.1. The summed E-state index contributed by atoms with van der Waals surface area (Å²) >= 11 is 0. The second kappa shape index (κ2) is 6.36. The van der Waals surface area contributed by atoms with E-state index in [0.717, 1.165) is 29.7 Å². The Morgan fingerprint density at radius 3 is 2.83 bits per heavy atom. The molecule has 7 nitrogen and oxygen atoms in total. The van der Waals surface area contributed by atoms with Gasteiger partial charge in [-0.3, -0.25) is 19.5 Å². The molecule has 122 valence electrons. The minimum absolute atomic E-state index is 0.0320. The van der Waals surface area contributed by atoms with Gasteiger partial charge in [-0.2, -0.15) is 0 Å². The first-order valence-electron chi connectivity index (χ1n) is 7.83. The van der Waals surface area contributed by atoms with Crippen LogP contribution in [0, 0.1) is 0 Å². The van der Waals surface area contributed by atoms with E-state index in [-0.39, 0.29) is 30.9 Å². The van der Waals surface area contributed by atoms with E-state index in [9.17, 15) is 14.4 Å². The molecule has 0 saturated carbocycles. The lowest BCUT2D eigenvalue weighted by atomic mass is 9.96. The molecule has 3 rings (SSSR count). The standard InChI is InChI=1S/C16H20N4O3/c1-18-10-14(21)20(16(18)23)11-15(22)19-8-3-2-6-13(19)12-5-4-7-17-9-12/h4-5,7,9,13H,2-3,6,8,10-11H2,1H3/t13-/m1/s1. The summed E-state index contributed by atoms with van der Waals surface area (Å²) in [6, 6.07) is 3.38. The quantitative estimate of drug-likeness (QED) is 0.781. The second-order valence-corrected chi connectivity index (χ2v) is 6.00. The molecule has 2 aliphatic rings. The third-order valence-corrected chi connectivity index (χ3v) is 4.42. The Labute approximate surface area is 134 Å². The molecule has 0 unspecified atom stereocenters. The highest BCUT2D eigenvalue weighted by Gasteiger charge is 2.37. The van der Waals surface area contributed by atoms with E-state index in [1.807, 2.05) is 12.1 Å². The molecule has 2 fully saturated rings. The summed E-state index contributed by atoms with van der Waals surface area (Å²) in [6.07, 6.45) is 6.34. The number of rotatable bonds is 3. The molecule has 1 aromatic heterocycles. The minimum atomic E-state index is -0.404. The zero-order chi connectivity index (χ0) is 16.4. The van der Waals surface area contributed by atoms with Crippen molar-refractivity contribution in [3.8, 4) is 0 Å². The minimum Gasteiger partial charge on any atom is -0.334 e. The van der Waals surface area contributed by atoms with E-state index < -0.39 is 6.03 Å². The number of hydrogen-bond donors (Lipinski definition) is 0. The Bertz CT molecular complexity index is 619. The van der Waals surface area contributed by atoms with Crippen LogP contribution in [0.2, 0.25) is 0 Å². The molecule has 0 aromatic carbocycles. The first-order valence-corrected chi connectivity index (χ1v) is 7.83. The van der Waals surface area contributed by atoms with Crippen molar-refractivity contribution in [2.24, 2.45) is 0 Å². The largest absolute Gasteiger partial charge is 0.334 e. The highest BCUT2D eigenvalue weighted by Crippen LogP contribution is 2.30. The van der Waals surface area contributed by atoms with E-state index in [4.69, 9.17) is 0 Å². The van der Waals surface area contributed by atoms with Gasteiger partial charge >= 0.3 is 6.03 Å². The maximum Gasteiger partial charge on any atom is 0.327 e. The van der Waals surface area contributed by atoms with Gasteiger partial charge in [0, 0.05) is 26.0 Å². The number of carbonyl (C=O) groups excluding carboxylic acids is 3. The summed E-state index contributed by atoms with van der Waals surface area (Å²) in [5, 5.41) is 0.